The topological polar surface area (TPSA) is 63.6 Å². The third-order valence-corrected chi connectivity index (χ3v) is 3.16. The van der Waals surface area contributed by atoms with Gasteiger partial charge in [-0.2, -0.15) is 0 Å². The molecule has 3 aromatic rings. The van der Waals surface area contributed by atoms with E-state index in [0.717, 1.165) is 10.2 Å². The first-order valence-electron chi connectivity index (χ1n) is 5.35. The molecule has 18 heavy (non-hydrogen) atoms. The zero-order valence-corrected chi connectivity index (χ0v) is 11.1. The van der Waals surface area contributed by atoms with Crippen LogP contribution < -0.4 is 5.56 Å². The summed E-state index contributed by atoms with van der Waals surface area (Å²) >= 11 is 3.38. The van der Waals surface area contributed by atoms with E-state index < -0.39 is 0 Å². The van der Waals surface area contributed by atoms with Gasteiger partial charge in [-0.1, -0.05) is 15.9 Å². The molecule has 0 radical (unpaired) electrons. The van der Waals surface area contributed by atoms with E-state index in [4.69, 9.17) is 0 Å². The standard InChI is InChI=1S/C12H9BrN4O/c1-7-15-11-10(12(18)16-7)17(6-14-11)9-4-2-8(13)3-5-9/h2-6H,1H3,(H,15,16,18). The largest absolute Gasteiger partial charge is 0.309 e. The molecule has 1 N–H and O–H groups in total. The number of rotatable bonds is 1. The smallest absolute Gasteiger partial charge is 0.277 e. The van der Waals surface area contributed by atoms with Crippen LogP contribution in [-0.2, 0) is 0 Å². The van der Waals surface area contributed by atoms with Crippen molar-refractivity contribution in [2.45, 2.75) is 6.92 Å². The summed E-state index contributed by atoms with van der Waals surface area (Å²) in [5, 5.41) is 0. The van der Waals surface area contributed by atoms with Gasteiger partial charge in [0.2, 0.25) is 0 Å². The summed E-state index contributed by atoms with van der Waals surface area (Å²) < 4.78 is 2.71. The molecule has 0 amide bonds. The van der Waals surface area contributed by atoms with E-state index in [-0.39, 0.29) is 5.56 Å². The number of imidazole rings is 1. The molecule has 0 saturated carbocycles. The van der Waals surface area contributed by atoms with Crippen molar-refractivity contribution < 1.29 is 0 Å². The summed E-state index contributed by atoms with van der Waals surface area (Å²) in [5.41, 5.74) is 1.61. The molecule has 0 bridgehead atoms. The minimum absolute atomic E-state index is 0.182. The van der Waals surface area contributed by atoms with E-state index in [9.17, 15) is 4.79 Å². The van der Waals surface area contributed by atoms with Gasteiger partial charge in [0.25, 0.3) is 5.56 Å². The Morgan fingerprint density at radius 3 is 2.72 bits per heavy atom. The van der Waals surface area contributed by atoms with Crippen molar-refractivity contribution in [2.75, 3.05) is 0 Å². The first-order chi connectivity index (χ1) is 8.65. The van der Waals surface area contributed by atoms with E-state index in [1.165, 1.54) is 0 Å². The fourth-order valence-corrected chi connectivity index (χ4v) is 2.10. The number of H-pyrrole nitrogens is 1. The number of nitrogens with zero attached hydrogens (tertiary/aromatic N) is 3. The minimum Gasteiger partial charge on any atom is -0.309 e. The Balaban J connectivity index is 2.30. The first kappa shape index (κ1) is 11.2. The number of hydrogen-bond donors (Lipinski definition) is 1. The lowest BCUT2D eigenvalue weighted by atomic mass is 10.3. The van der Waals surface area contributed by atoms with Gasteiger partial charge in [-0.3, -0.25) is 9.36 Å². The van der Waals surface area contributed by atoms with Gasteiger partial charge in [-0.05, 0) is 31.2 Å². The van der Waals surface area contributed by atoms with Gasteiger partial charge < -0.3 is 4.98 Å². The summed E-state index contributed by atoms with van der Waals surface area (Å²) in [4.78, 5) is 23.0. The van der Waals surface area contributed by atoms with E-state index >= 15 is 0 Å². The molecule has 0 saturated heterocycles. The maximum absolute atomic E-state index is 12.0. The van der Waals surface area contributed by atoms with Crippen LogP contribution >= 0.6 is 15.9 Å². The van der Waals surface area contributed by atoms with Crippen molar-refractivity contribution in [3.8, 4) is 5.69 Å². The molecule has 0 aliphatic carbocycles. The number of halogens is 1. The Labute approximate surface area is 111 Å². The summed E-state index contributed by atoms with van der Waals surface area (Å²) in [5.74, 6) is 0.563. The van der Waals surface area contributed by atoms with Crippen molar-refractivity contribution >= 4 is 27.1 Å². The van der Waals surface area contributed by atoms with Crippen molar-refractivity contribution in [1.82, 2.24) is 19.5 Å². The quantitative estimate of drug-likeness (QED) is 0.749. The van der Waals surface area contributed by atoms with Crippen LogP contribution in [0.3, 0.4) is 0 Å². The Kier molecular flexibility index (Phi) is 2.52. The number of aryl methyl sites for hydroxylation is 1. The molecule has 1 aromatic carbocycles. The average Bonchev–Trinajstić information content (AvgIpc) is 2.74. The molecule has 90 valence electrons. The second-order valence-corrected chi connectivity index (χ2v) is 4.83. The summed E-state index contributed by atoms with van der Waals surface area (Å²) in [6.07, 6.45) is 1.61. The monoisotopic (exact) mass is 304 g/mol. The van der Waals surface area contributed by atoms with Gasteiger partial charge in [0.15, 0.2) is 11.2 Å². The molecule has 3 rings (SSSR count). The number of fused-ring (bicyclic) bond motifs is 1. The van der Waals surface area contributed by atoms with E-state index in [2.05, 4.69) is 30.9 Å². The maximum Gasteiger partial charge on any atom is 0.277 e. The van der Waals surface area contributed by atoms with Crippen LogP contribution in [-0.4, -0.2) is 19.5 Å². The highest BCUT2D eigenvalue weighted by atomic mass is 79.9. The zero-order chi connectivity index (χ0) is 12.7. The molecule has 0 unspecified atom stereocenters. The maximum atomic E-state index is 12.0. The number of aromatic nitrogens is 4. The van der Waals surface area contributed by atoms with Crippen LogP contribution in [0.15, 0.2) is 39.9 Å². The molecule has 0 aliphatic heterocycles. The molecule has 5 nitrogen and oxygen atoms in total. The minimum atomic E-state index is -0.182. The van der Waals surface area contributed by atoms with Crippen LogP contribution in [0.1, 0.15) is 5.82 Å². The number of nitrogens with one attached hydrogen (secondary N) is 1. The van der Waals surface area contributed by atoms with Gasteiger partial charge in [0.05, 0.1) is 0 Å². The predicted molar refractivity (Wildman–Crippen MR) is 71.9 cm³/mol. The Hall–Kier alpha value is -1.95. The molecule has 0 atom stereocenters. The van der Waals surface area contributed by atoms with Crippen LogP contribution in [0.5, 0.6) is 0 Å². The summed E-state index contributed by atoms with van der Waals surface area (Å²) in [6.45, 7) is 1.74. The fourth-order valence-electron chi connectivity index (χ4n) is 1.84. The van der Waals surface area contributed by atoms with Crippen molar-refractivity contribution in [3.05, 3.63) is 51.2 Å². The molecule has 2 aromatic heterocycles. The van der Waals surface area contributed by atoms with E-state index in [1.54, 1.807) is 17.8 Å². The van der Waals surface area contributed by atoms with Crippen LogP contribution in [0, 0.1) is 6.92 Å². The predicted octanol–water partition coefficient (Wildman–Crippen LogP) is 2.18. The number of aromatic amines is 1. The molecule has 0 aliphatic rings. The molecular formula is C12H9BrN4O. The third kappa shape index (κ3) is 1.74. The second kappa shape index (κ2) is 4.06. The van der Waals surface area contributed by atoms with Crippen molar-refractivity contribution in [3.63, 3.8) is 0 Å². The zero-order valence-electron chi connectivity index (χ0n) is 9.51. The highest BCUT2D eigenvalue weighted by Gasteiger charge is 2.10. The number of hydrogen-bond acceptors (Lipinski definition) is 3. The average molecular weight is 305 g/mol. The number of benzene rings is 1. The Morgan fingerprint density at radius 2 is 2.00 bits per heavy atom. The SMILES string of the molecule is Cc1nc2ncn(-c3ccc(Br)cc3)c2c(=O)[nH]1. The molecule has 0 spiro atoms. The lowest BCUT2D eigenvalue weighted by molar-refractivity contribution is 1.03. The first-order valence-corrected chi connectivity index (χ1v) is 6.14. The lowest BCUT2D eigenvalue weighted by Gasteiger charge is -2.03. The summed E-state index contributed by atoms with van der Waals surface area (Å²) in [7, 11) is 0. The Bertz CT molecular complexity index is 773. The normalized spacial score (nSPS) is 11.0. The van der Waals surface area contributed by atoms with Crippen LogP contribution in [0.4, 0.5) is 0 Å². The third-order valence-electron chi connectivity index (χ3n) is 2.64. The lowest BCUT2D eigenvalue weighted by Crippen LogP contribution is -2.12. The summed E-state index contributed by atoms with van der Waals surface area (Å²) in [6, 6.07) is 7.64. The molecular weight excluding hydrogens is 296 g/mol. The van der Waals surface area contributed by atoms with Gasteiger partial charge in [0.1, 0.15) is 12.2 Å². The highest BCUT2D eigenvalue weighted by Crippen LogP contribution is 2.16. The molecule has 0 fully saturated rings. The van der Waals surface area contributed by atoms with E-state index in [0.29, 0.717) is 17.0 Å². The van der Waals surface area contributed by atoms with Crippen LogP contribution in [0.2, 0.25) is 0 Å². The molecule has 6 heteroatoms. The highest BCUT2D eigenvalue weighted by molar-refractivity contribution is 9.10. The van der Waals surface area contributed by atoms with Gasteiger partial charge >= 0.3 is 0 Å². The molecule has 2 heterocycles. The van der Waals surface area contributed by atoms with Crippen molar-refractivity contribution in [2.24, 2.45) is 0 Å². The second-order valence-electron chi connectivity index (χ2n) is 3.91. The van der Waals surface area contributed by atoms with Gasteiger partial charge in [0, 0.05) is 10.2 Å². The van der Waals surface area contributed by atoms with Gasteiger partial charge in [-0.25, -0.2) is 9.97 Å². The van der Waals surface area contributed by atoms with Gasteiger partial charge in [-0.15, -0.1) is 0 Å². The Morgan fingerprint density at radius 1 is 1.28 bits per heavy atom. The van der Waals surface area contributed by atoms with Crippen LogP contribution in [0.25, 0.3) is 16.9 Å². The van der Waals surface area contributed by atoms with E-state index in [1.807, 2.05) is 24.3 Å². The van der Waals surface area contributed by atoms with Crippen molar-refractivity contribution in [1.29, 1.82) is 0 Å². The fraction of sp³-hybridized carbons (Fsp3) is 0.0833.